The lowest BCUT2D eigenvalue weighted by atomic mass is 10.0. The first-order valence-corrected chi connectivity index (χ1v) is 8.24. The van der Waals surface area contributed by atoms with E-state index in [9.17, 15) is 4.79 Å². The van der Waals surface area contributed by atoms with E-state index in [-0.39, 0.29) is 11.9 Å². The van der Waals surface area contributed by atoms with Crippen LogP contribution in [0.15, 0.2) is 54.7 Å². The van der Waals surface area contributed by atoms with Crippen molar-refractivity contribution in [2.45, 2.75) is 32.2 Å². The van der Waals surface area contributed by atoms with Gasteiger partial charge >= 0.3 is 0 Å². The largest absolute Gasteiger partial charge is 0.346 e. The standard InChI is InChI=1S/C19H25N3O/c1-2-3-12-20-15-19(23)22-18(17-11-7-8-13-21-17)14-16-9-5-4-6-10-16/h4-11,13,18,20H,2-3,12,14-15H2,1H3,(H,22,23). The number of amides is 1. The van der Waals surface area contributed by atoms with Crippen molar-refractivity contribution in [2.24, 2.45) is 0 Å². The second kappa shape index (κ2) is 9.74. The number of carbonyl (C=O) groups excluding carboxylic acids is 1. The molecule has 2 rings (SSSR count). The lowest BCUT2D eigenvalue weighted by Crippen LogP contribution is -2.37. The Morgan fingerprint density at radius 1 is 1.13 bits per heavy atom. The van der Waals surface area contributed by atoms with E-state index in [0.717, 1.165) is 31.5 Å². The summed E-state index contributed by atoms with van der Waals surface area (Å²) in [6.45, 7) is 3.35. The number of pyridine rings is 1. The van der Waals surface area contributed by atoms with Crippen LogP contribution in [0.1, 0.15) is 37.1 Å². The van der Waals surface area contributed by atoms with Gasteiger partial charge in [-0.25, -0.2) is 0 Å². The van der Waals surface area contributed by atoms with Crippen molar-refractivity contribution in [1.82, 2.24) is 15.6 Å². The summed E-state index contributed by atoms with van der Waals surface area (Å²) in [5.74, 6) is 0.00712. The second-order valence-corrected chi connectivity index (χ2v) is 5.59. The van der Waals surface area contributed by atoms with Gasteiger partial charge < -0.3 is 10.6 Å². The summed E-state index contributed by atoms with van der Waals surface area (Å²) in [7, 11) is 0. The van der Waals surface area contributed by atoms with Crippen LogP contribution in [-0.2, 0) is 11.2 Å². The summed E-state index contributed by atoms with van der Waals surface area (Å²) < 4.78 is 0. The first-order chi connectivity index (χ1) is 11.3. The van der Waals surface area contributed by atoms with Crippen LogP contribution in [0.25, 0.3) is 0 Å². The molecule has 0 saturated heterocycles. The first kappa shape index (κ1) is 17.2. The summed E-state index contributed by atoms with van der Waals surface area (Å²) in [5, 5.41) is 6.27. The van der Waals surface area contributed by atoms with Crippen LogP contribution in [0.3, 0.4) is 0 Å². The highest BCUT2D eigenvalue weighted by molar-refractivity contribution is 5.78. The highest BCUT2D eigenvalue weighted by Crippen LogP contribution is 2.16. The lowest BCUT2D eigenvalue weighted by molar-refractivity contribution is -0.121. The molecule has 0 saturated carbocycles. The maximum Gasteiger partial charge on any atom is 0.234 e. The SMILES string of the molecule is CCCCNCC(=O)NC(Cc1ccccc1)c1ccccn1. The molecule has 1 unspecified atom stereocenters. The van der Waals surface area contributed by atoms with Crippen molar-refractivity contribution in [3.63, 3.8) is 0 Å². The molecule has 0 aliphatic carbocycles. The molecular weight excluding hydrogens is 286 g/mol. The number of rotatable bonds is 9. The molecule has 0 bridgehead atoms. The van der Waals surface area contributed by atoms with Gasteiger partial charge in [-0.3, -0.25) is 9.78 Å². The quantitative estimate of drug-likeness (QED) is 0.700. The zero-order chi connectivity index (χ0) is 16.3. The van der Waals surface area contributed by atoms with Crippen LogP contribution >= 0.6 is 0 Å². The summed E-state index contributed by atoms with van der Waals surface area (Å²) in [4.78, 5) is 16.6. The van der Waals surface area contributed by atoms with E-state index in [1.807, 2.05) is 36.4 Å². The Bertz CT molecular complexity index is 572. The van der Waals surface area contributed by atoms with E-state index >= 15 is 0 Å². The fourth-order valence-electron chi connectivity index (χ4n) is 2.41. The molecular formula is C19H25N3O. The fraction of sp³-hybridized carbons (Fsp3) is 0.368. The van der Waals surface area contributed by atoms with E-state index in [4.69, 9.17) is 0 Å². The molecule has 4 heteroatoms. The molecule has 0 aliphatic heterocycles. The van der Waals surface area contributed by atoms with Gasteiger partial charge in [0.2, 0.25) is 5.91 Å². The van der Waals surface area contributed by atoms with E-state index in [0.29, 0.717) is 6.54 Å². The van der Waals surface area contributed by atoms with Gasteiger partial charge in [-0.1, -0.05) is 49.7 Å². The third-order valence-corrected chi connectivity index (χ3v) is 3.66. The summed E-state index contributed by atoms with van der Waals surface area (Å²) in [5.41, 5.74) is 2.07. The number of hydrogen-bond donors (Lipinski definition) is 2. The van der Waals surface area contributed by atoms with E-state index in [1.165, 1.54) is 5.56 Å². The Balaban J connectivity index is 1.98. The van der Waals surface area contributed by atoms with Crippen LogP contribution < -0.4 is 10.6 Å². The summed E-state index contributed by atoms with van der Waals surface area (Å²) in [6, 6.07) is 15.8. The molecule has 1 aromatic heterocycles. The van der Waals surface area contributed by atoms with Crippen LogP contribution in [-0.4, -0.2) is 24.0 Å². The monoisotopic (exact) mass is 311 g/mol. The summed E-state index contributed by atoms with van der Waals surface area (Å²) >= 11 is 0. The van der Waals surface area contributed by atoms with Crippen molar-refractivity contribution in [2.75, 3.05) is 13.1 Å². The molecule has 2 aromatic rings. The van der Waals surface area contributed by atoms with E-state index in [1.54, 1.807) is 6.20 Å². The minimum atomic E-state index is -0.112. The Hall–Kier alpha value is -2.20. The topological polar surface area (TPSA) is 54.0 Å². The second-order valence-electron chi connectivity index (χ2n) is 5.59. The molecule has 4 nitrogen and oxygen atoms in total. The highest BCUT2D eigenvalue weighted by atomic mass is 16.1. The Morgan fingerprint density at radius 3 is 2.61 bits per heavy atom. The normalized spacial score (nSPS) is 11.9. The highest BCUT2D eigenvalue weighted by Gasteiger charge is 2.16. The molecule has 1 amide bonds. The van der Waals surface area contributed by atoms with Crippen molar-refractivity contribution in [3.8, 4) is 0 Å². The fourth-order valence-corrected chi connectivity index (χ4v) is 2.41. The minimum absolute atomic E-state index is 0.00712. The number of aromatic nitrogens is 1. The number of carbonyl (C=O) groups is 1. The molecule has 2 N–H and O–H groups in total. The van der Waals surface area contributed by atoms with E-state index in [2.05, 4.69) is 34.7 Å². The Morgan fingerprint density at radius 2 is 1.91 bits per heavy atom. The van der Waals surface area contributed by atoms with Crippen LogP contribution in [0.5, 0.6) is 0 Å². The Labute approximate surface area is 138 Å². The third-order valence-electron chi connectivity index (χ3n) is 3.66. The molecule has 0 aliphatic rings. The number of nitrogens with zero attached hydrogens (tertiary/aromatic N) is 1. The maximum atomic E-state index is 12.2. The van der Waals surface area contributed by atoms with Crippen LogP contribution in [0.4, 0.5) is 0 Å². The molecule has 23 heavy (non-hydrogen) atoms. The average Bonchev–Trinajstić information content (AvgIpc) is 2.60. The number of unbranched alkanes of at least 4 members (excludes halogenated alkanes) is 1. The molecule has 0 spiro atoms. The van der Waals surface area contributed by atoms with Gasteiger partial charge in [0, 0.05) is 6.20 Å². The predicted octanol–water partition coefficient (Wildman–Crippen LogP) is 2.87. The maximum absolute atomic E-state index is 12.2. The molecule has 1 heterocycles. The molecule has 1 atom stereocenters. The number of nitrogens with one attached hydrogen (secondary N) is 2. The number of benzene rings is 1. The number of hydrogen-bond acceptors (Lipinski definition) is 3. The van der Waals surface area contributed by atoms with Gasteiger partial charge in [0.15, 0.2) is 0 Å². The van der Waals surface area contributed by atoms with Crippen molar-refractivity contribution < 1.29 is 4.79 Å². The molecule has 1 aromatic carbocycles. The van der Waals surface area contributed by atoms with E-state index < -0.39 is 0 Å². The summed E-state index contributed by atoms with van der Waals surface area (Å²) in [6.07, 6.45) is 4.71. The lowest BCUT2D eigenvalue weighted by Gasteiger charge is -2.19. The van der Waals surface area contributed by atoms with Gasteiger partial charge in [-0.2, -0.15) is 0 Å². The zero-order valence-electron chi connectivity index (χ0n) is 13.7. The van der Waals surface area contributed by atoms with Gasteiger partial charge in [-0.05, 0) is 37.1 Å². The van der Waals surface area contributed by atoms with Gasteiger partial charge in [-0.15, -0.1) is 0 Å². The van der Waals surface area contributed by atoms with Gasteiger partial charge in [0.1, 0.15) is 0 Å². The molecule has 122 valence electrons. The van der Waals surface area contributed by atoms with Gasteiger partial charge in [0.05, 0.1) is 18.3 Å². The average molecular weight is 311 g/mol. The molecule has 0 fully saturated rings. The van der Waals surface area contributed by atoms with Crippen LogP contribution in [0.2, 0.25) is 0 Å². The van der Waals surface area contributed by atoms with Crippen molar-refractivity contribution in [3.05, 3.63) is 66.0 Å². The third kappa shape index (κ3) is 6.20. The van der Waals surface area contributed by atoms with Crippen molar-refractivity contribution >= 4 is 5.91 Å². The van der Waals surface area contributed by atoms with Gasteiger partial charge in [0.25, 0.3) is 0 Å². The van der Waals surface area contributed by atoms with Crippen molar-refractivity contribution in [1.29, 1.82) is 0 Å². The molecule has 0 radical (unpaired) electrons. The Kier molecular flexibility index (Phi) is 7.27. The minimum Gasteiger partial charge on any atom is -0.346 e. The zero-order valence-corrected chi connectivity index (χ0v) is 13.7. The van der Waals surface area contributed by atoms with Crippen LogP contribution in [0, 0.1) is 0 Å². The first-order valence-electron chi connectivity index (χ1n) is 8.24. The predicted molar refractivity (Wildman–Crippen MR) is 93.0 cm³/mol. The smallest absolute Gasteiger partial charge is 0.234 e.